The molecule has 5 nitrogen and oxygen atoms in total. The van der Waals surface area contributed by atoms with Gasteiger partial charge in [-0.15, -0.1) is 0 Å². The van der Waals surface area contributed by atoms with Crippen molar-refractivity contribution in [3.8, 4) is 0 Å². The molecule has 0 aliphatic rings. The highest BCUT2D eigenvalue weighted by Crippen LogP contribution is 2.15. The minimum Gasteiger partial charge on any atom is -0.481 e. The van der Waals surface area contributed by atoms with E-state index in [2.05, 4.69) is 19.2 Å². The summed E-state index contributed by atoms with van der Waals surface area (Å²) in [6, 6.07) is 0.166. The van der Waals surface area contributed by atoms with Crippen molar-refractivity contribution in [3.05, 3.63) is 0 Å². The van der Waals surface area contributed by atoms with Crippen LogP contribution in [0.4, 0.5) is 0 Å². The Hall–Kier alpha value is -0.650. The summed E-state index contributed by atoms with van der Waals surface area (Å²) >= 11 is 0. The second-order valence-corrected chi connectivity index (χ2v) is 13.0. The molecule has 0 rings (SSSR count). The first kappa shape index (κ1) is 44.5. The van der Waals surface area contributed by atoms with Crippen LogP contribution >= 0.6 is 0 Å². The summed E-state index contributed by atoms with van der Waals surface area (Å²) in [6.45, 7) is 5.46. The number of rotatable bonds is 35. The minimum absolute atomic E-state index is 0.148. The molecule has 0 aliphatic carbocycles. The van der Waals surface area contributed by atoms with Gasteiger partial charge in [0.25, 0.3) is 0 Å². The molecule has 0 bridgehead atoms. The van der Waals surface area contributed by atoms with Gasteiger partial charge in [-0.2, -0.15) is 0 Å². The van der Waals surface area contributed by atoms with Gasteiger partial charge in [0.1, 0.15) is 0 Å². The maximum Gasteiger partial charge on any atom is 0.303 e. The Bertz CT molecular complexity index is 502. The van der Waals surface area contributed by atoms with Crippen molar-refractivity contribution in [1.82, 2.24) is 5.32 Å². The van der Waals surface area contributed by atoms with Crippen LogP contribution in [0.25, 0.3) is 0 Å². The van der Waals surface area contributed by atoms with Gasteiger partial charge >= 0.3 is 5.97 Å². The Kier molecular flexibility index (Phi) is 42.8. The lowest BCUT2D eigenvalue weighted by Crippen LogP contribution is -2.34. The van der Waals surface area contributed by atoms with E-state index in [1.54, 1.807) is 0 Å². The average Bonchev–Trinajstić information content (AvgIpc) is 3.01. The Morgan fingerprint density at radius 1 is 0.488 bits per heavy atom. The van der Waals surface area contributed by atoms with Crippen molar-refractivity contribution in [2.24, 2.45) is 0 Å². The summed E-state index contributed by atoms with van der Waals surface area (Å²) in [7, 11) is 0. The minimum atomic E-state index is -0.653. The number of aliphatic hydroxyl groups excluding tert-OH is 2. The van der Waals surface area contributed by atoms with E-state index in [1.165, 1.54) is 173 Å². The van der Waals surface area contributed by atoms with Gasteiger partial charge in [0, 0.05) is 19.0 Å². The number of carbonyl (C=O) groups is 1. The van der Waals surface area contributed by atoms with E-state index in [1.807, 2.05) is 0 Å². The topological polar surface area (TPSA) is 89.8 Å². The fourth-order valence-electron chi connectivity index (χ4n) is 5.76. The van der Waals surface area contributed by atoms with Crippen LogP contribution in [0.2, 0.25) is 0 Å². The zero-order valence-corrected chi connectivity index (χ0v) is 29.4. The molecule has 0 aliphatic heterocycles. The van der Waals surface area contributed by atoms with E-state index in [-0.39, 0.29) is 19.3 Å². The molecule has 0 aromatic heterocycles. The Morgan fingerprint density at radius 3 is 1.07 bits per heavy atom. The number of hydrogen-bond donors (Lipinski definition) is 4. The lowest BCUT2D eigenvalue weighted by atomic mass is 10.0. The van der Waals surface area contributed by atoms with Gasteiger partial charge in [0.2, 0.25) is 0 Å². The molecule has 43 heavy (non-hydrogen) atoms. The largest absolute Gasteiger partial charge is 0.481 e. The molecule has 1 unspecified atom stereocenters. The highest BCUT2D eigenvalue weighted by atomic mass is 16.4. The third-order valence-electron chi connectivity index (χ3n) is 8.67. The maximum absolute atomic E-state index is 10.3. The fourth-order valence-corrected chi connectivity index (χ4v) is 5.76. The summed E-state index contributed by atoms with van der Waals surface area (Å²) in [4.78, 5) is 10.3. The van der Waals surface area contributed by atoms with E-state index in [0.29, 0.717) is 13.0 Å². The second kappa shape index (κ2) is 41.4. The van der Waals surface area contributed by atoms with Crippen molar-refractivity contribution < 1.29 is 20.1 Å². The van der Waals surface area contributed by atoms with Crippen molar-refractivity contribution >= 4 is 5.97 Å². The Morgan fingerprint density at radius 2 is 0.791 bits per heavy atom. The SMILES string of the molecule is CCCCCCCCCCCCCCCCC(CO)NCCO.CCCCCCCCCCCCCCCCCC(=O)O. The molecule has 0 amide bonds. The number of carboxylic acids is 1. The Balaban J connectivity index is 0. The standard InChI is InChI=1S/C20H43NO2.C18H36O2/c1-2-3-4-5-6-7-8-9-10-11-12-13-14-15-16-20(19-23)21-17-18-22;1-2-3-4-5-6-7-8-9-10-11-12-13-14-15-16-17-18(19)20/h20-23H,2-19H2,1H3;2-17H2,1H3,(H,19,20). The van der Waals surface area contributed by atoms with Crippen LogP contribution in [0.3, 0.4) is 0 Å². The summed E-state index contributed by atoms with van der Waals surface area (Å²) in [5.74, 6) is -0.653. The molecule has 0 saturated heterocycles. The van der Waals surface area contributed by atoms with E-state index in [9.17, 15) is 9.90 Å². The zero-order valence-electron chi connectivity index (χ0n) is 29.4. The third-order valence-corrected chi connectivity index (χ3v) is 8.67. The molecule has 0 aromatic carbocycles. The highest BCUT2D eigenvalue weighted by Gasteiger charge is 2.05. The van der Waals surface area contributed by atoms with Crippen molar-refractivity contribution in [2.45, 2.75) is 219 Å². The van der Waals surface area contributed by atoms with E-state index in [4.69, 9.17) is 10.2 Å². The molecular weight excluding hydrogens is 534 g/mol. The first-order valence-corrected chi connectivity index (χ1v) is 19.3. The highest BCUT2D eigenvalue weighted by molar-refractivity contribution is 5.66. The number of nitrogens with one attached hydrogen (secondary N) is 1. The summed E-state index contributed by atoms with van der Waals surface area (Å²) in [5, 5.41) is 29.7. The maximum atomic E-state index is 10.3. The van der Waals surface area contributed by atoms with Crippen LogP contribution in [-0.4, -0.2) is 47.1 Å². The predicted octanol–water partition coefficient (Wildman–Crippen LogP) is 11.1. The second-order valence-electron chi connectivity index (χ2n) is 13.0. The van der Waals surface area contributed by atoms with Crippen LogP contribution in [0.1, 0.15) is 213 Å². The number of hydrogen-bond acceptors (Lipinski definition) is 4. The van der Waals surface area contributed by atoms with Crippen LogP contribution in [0, 0.1) is 0 Å². The normalized spacial score (nSPS) is 11.8. The van der Waals surface area contributed by atoms with Crippen LogP contribution in [0.5, 0.6) is 0 Å². The zero-order chi connectivity index (χ0) is 31.9. The fraction of sp³-hybridized carbons (Fsp3) is 0.974. The average molecular weight is 614 g/mol. The van der Waals surface area contributed by atoms with E-state index >= 15 is 0 Å². The van der Waals surface area contributed by atoms with Crippen molar-refractivity contribution in [2.75, 3.05) is 19.8 Å². The number of carboxylic acid groups (broad SMARTS) is 1. The Labute approximate surface area is 269 Å². The van der Waals surface area contributed by atoms with E-state index in [0.717, 1.165) is 19.3 Å². The molecule has 1 atom stereocenters. The van der Waals surface area contributed by atoms with Gasteiger partial charge in [0.05, 0.1) is 13.2 Å². The van der Waals surface area contributed by atoms with Gasteiger partial charge in [-0.3, -0.25) is 4.79 Å². The molecule has 0 aromatic rings. The van der Waals surface area contributed by atoms with Crippen LogP contribution in [-0.2, 0) is 4.79 Å². The van der Waals surface area contributed by atoms with Gasteiger partial charge in [-0.1, -0.05) is 194 Å². The van der Waals surface area contributed by atoms with Gasteiger partial charge in [0.15, 0.2) is 0 Å². The smallest absolute Gasteiger partial charge is 0.303 e. The predicted molar refractivity (Wildman–Crippen MR) is 188 cm³/mol. The summed E-state index contributed by atoms with van der Waals surface area (Å²) in [6.07, 6.45) is 40.5. The first-order valence-electron chi connectivity index (χ1n) is 19.3. The monoisotopic (exact) mass is 614 g/mol. The van der Waals surface area contributed by atoms with Crippen LogP contribution < -0.4 is 5.32 Å². The third kappa shape index (κ3) is 43.5. The molecule has 260 valence electrons. The van der Waals surface area contributed by atoms with Crippen molar-refractivity contribution in [3.63, 3.8) is 0 Å². The molecule has 5 heteroatoms. The summed E-state index contributed by atoms with van der Waals surface area (Å²) in [5.41, 5.74) is 0. The molecule has 0 radical (unpaired) electrons. The summed E-state index contributed by atoms with van der Waals surface area (Å²) < 4.78 is 0. The molecule has 0 heterocycles. The van der Waals surface area contributed by atoms with Crippen molar-refractivity contribution in [1.29, 1.82) is 0 Å². The number of aliphatic carboxylic acids is 1. The first-order chi connectivity index (χ1) is 21.1. The molecule has 0 spiro atoms. The van der Waals surface area contributed by atoms with Gasteiger partial charge in [-0.05, 0) is 12.8 Å². The molecule has 0 fully saturated rings. The van der Waals surface area contributed by atoms with Gasteiger partial charge in [-0.25, -0.2) is 0 Å². The van der Waals surface area contributed by atoms with Crippen LogP contribution in [0.15, 0.2) is 0 Å². The van der Waals surface area contributed by atoms with E-state index < -0.39 is 5.97 Å². The quantitative estimate of drug-likeness (QED) is 0.0534. The molecule has 0 saturated carbocycles. The van der Waals surface area contributed by atoms with Gasteiger partial charge < -0.3 is 20.6 Å². The molecular formula is C38H79NO4. The number of aliphatic hydroxyl groups is 2. The number of unbranched alkanes of at least 4 members (excludes halogenated alkanes) is 27. The molecule has 4 N–H and O–H groups in total. The lowest BCUT2D eigenvalue weighted by Gasteiger charge is -2.15. The lowest BCUT2D eigenvalue weighted by molar-refractivity contribution is -0.137.